The SMILES string of the molecule is CCOC(=O)COc1ccc(C=Nn2c(-c3cc(C(C)C)c(OC)cc3C)nc3ccccc3c2=O)cc1I. The molecule has 0 atom stereocenters. The van der Waals surface area contributed by atoms with Crippen LogP contribution in [0.15, 0.2) is 64.5 Å². The summed E-state index contributed by atoms with van der Waals surface area (Å²) in [7, 11) is 1.66. The van der Waals surface area contributed by atoms with Crippen LogP contribution in [0.25, 0.3) is 22.3 Å². The second-order valence-electron chi connectivity index (χ2n) is 9.16. The molecule has 0 saturated carbocycles. The van der Waals surface area contributed by atoms with Crippen LogP contribution in [0.5, 0.6) is 11.5 Å². The Bertz CT molecular complexity index is 1610. The molecule has 4 rings (SSSR count). The molecule has 1 aromatic heterocycles. The van der Waals surface area contributed by atoms with Crippen molar-refractivity contribution in [1.29, 1.82) is 0 Å². The number of methoxy groups -OCH3 is 1. The lowest BCUT2D eigenvalue weighted by Gasteiger charge is -2.17. The normalized spacial score (nSPS) is 11.4. The predicted molar refractivity (Wildman–Crippen MR) is 161 cm³/mol. The van der Waals surface area contributed by atoms with Crippen LogP contribution in [-0.2, 0) is 9.53 Å². The van der Waals surface area contributed by atoms with Gasteiger partial charge in [-0.15, -0.1) is 0 Å². The van der Waals surface area contributed by atoms with Crippen molar-refractivity contribution in [3.63, 3.8) is 0 Å². The van der Waals surface area contributed by atoms with E-state index < -0.39 is 5.97 Å². The van der Waals surface area contributed by atoms with Crippen molar-refractivity contribution in [3.05, 3.63) is 85.2 Å². The fraction of sp³-hybridized carbons (Fsp3) is 0.267. The van der Waals surface area contributed by atoms with Crippen molar-refractivity contribution in [2.24, 2.45) is 5.10 Å². The number of hydrogen-bond acceptors (Lipinski definition) is 7. The zero-order valence-electron chi connectivity index (χ0n) is 22.5. The molecule has 39 heavy (non-hydrogen) atoms. The molecule has 0 saturated heterocycles. The molecule has 1 heterocycles. The van der Waals surface area contributed by atoms with E-state index in [1.807, 2.05) is 43.3 Å². The van der Waals surface area contributed by atoms with Gasteiger partial charge in [-0.25, -0.2) is 9.78 Å². The first-order chi connectivity index (χ1) is 18.7. The summed E-state index contributed by atoms with van der Waals surface area (Å²) in [6.45, 7) is 8.04. The number of carbonyl (C=O) groups excluding carboxylic acids is 1. The number of aryl methyl sites for hydroxylation is 1. The number of halogens is 1. The lowest BCUT2D eigenvalue weighted by atomic mass is 9.96. The fourth-order valence-corrected chi connectivity index (χ4v) is 4.85. The van der Waals surface area contributed by atoms with E-state index in [0.29, 0.717) is 29.1 Å². The van der Waals surface area contributed by atoms with Crippen molar-refractivity contribution in [1.82, 2.24) is 9.66 Å². The van der Waals surface area contributed by atoms with E-state index in [9.17, 15) is 9.59 Å². The lowest BCUT2D eigenvalue weighted by Crippen LogP contribution is -2.21. The van der Waals surface area contributed by atoms with Gasteiger partial charge in [0.2, 0.25) is 0 Å². The van der Waals surface area contributed by atoms with Gasteiger partial charge in [-0.2, -0.15) is 9.78 Å². The van der Waals surface area contributed by atoms with Gasteiger partial charge in [-0.1, -0.05) is 26.0 Å². The zero-order valence-corrected chi connectivity index (χ0v) is 24.7. The highest BCUT2D eigenvalue weighted by molar-refractivity contribution is 14.1. The number of para-hydroxylation sites is 1. The second kappa shape index (κ2) is 12.4. The van der Waals surface area contributed by atoms with Crippen LogP contribution in [0.4, 0.5) is 0 Å². The molecule has 3 aromatic carbocycles. The Balaban J connectivity index is 1.79. The second-order valence-corrected chi connectivity index (χ2v) is 10.3. The van der Waals surface area contributed by atoms with Crippen LogP contribution in [0, 0.1) is 10.5 Å². The first kappa shape index (κ1) is 28.3. The van der Waals surface area contributed by atoms with Gasteiger partial charge >= 0.3 is 5.97 Å². The van der Waals surface area contributed by atoms with Gasteiger partial charge in [0.05, 0.1) is 34.4 Å². The van der Waals surface area contributed by atoms with Crippen molar-refractivity contribution in [2.45, 2.75) is 33.6 Å². The Morgan fingerprint density at radius 3 is 2.59 bits per heavy atom. The van der Waals surface area contributed by atoms with Crippen LogP contribution in [0.2, 0.25) is 0 Å². The highest BCUT2D eigenvalue weighted by Crippen LogP contribution is 2.34. The molecule has 202 valence electrons. The van der Waals surface area contributed by atoms with E-state index in [-0.39, 0.29) is 18.1 Å². The van der Waals surface area contributed by atoms with E-state index in [2.05, 4.69) is 41.5 Å². The van der Waals surface area contributed by atoms with Gasteiger partial charge in [-0.3, -0.25) is 4.79 Å². The Morgan fingerprint density at radius 1 is 1.13 bits per heavy atom. The summed E-state index contributed by atoms with van der Waals surface area (Å²) in [5.41, 5.74) is 3.82. The Morgan fingerprint density at radius 2 is 1.90 bits per heavy atom. The zero-order chi connectivity index (χ0) is 28.1. The third kappa shape index (κ3) is 6.30. The van der Waals surface area contributed by atoms with Crippen LogP contribution in [0.3, 0.4) is 0 Å². The van der Waals surface area contributed by atoms with Gasteiger partial charge in [-0.05, 0) is 102 Å². The lowest BCUT2D eigenvalue weighted by molar-refractivity contribution is -0.145. The monoisotopic (exact) mass is 639 g/mol. The van der Waals surface area contributed by atoms with Gasteiger partial charge < -0.3 is 14.2 Å². The third-order valence-corrected chi connectivity index (χ3v) is 6.97. The number of benzene rings is 3. The van der Waals surface area contributed by atoms with Crippen LogP contribution in [0.1, 0.15) is 43.4 Å². The average molecular weight is 639 g/mol. The Hall–Kier alpha value is -3.73. The highest BCUT2D eigenvalue weighted by atomic mass is 127. The Labute approximate surface area is 240 Å². The maximum absolute atomic E-state index is 13.6. The highest BCUT2D eigenvalue weighted by Gasteiger charge is 2.18. The van der Waals surface area contributed by atoms with E-state index >= 15 is 0 Å². The van der Waals surface area contributed by atoms with Gasteiger partial charge in [0.15, 0.2) is 12.4 Å². The minimum Gasteiger partial charge on any atom is -0.496 e. The number of fused-ring (bicyclic) bond motifs is 1. The fourth-order valence-electron chi connectivity index (χ4n) is 4.15. The van der Waals surface area contributed by atoms with Gasteiger partial charge in [0.1, 0.15) is 11.5 Å². The van der Waals surface area contributed by atoms with E-state index in [4.69, 9.17) is 19.2 Å². The topological polar surface area (TPSA) is 92.0 Å². The summed E-state index contributed by atoms with van der Waals surface area (Å²) in [6, 6.07) is 16.7. The number of ether oxygens (including phenoxy) is 3. The quantitative estimate of drug-likeness (QED) is 0.128. The van der Waals surface area contributed by atoms with E-state index in [1.54, 1.807) is 38.4 Å². The molecule has 0 aliphatic carbocycles. The number of carbonyl (C=O) groups is 1. The van der Waals surface area contributed by atoms with Gasteiger partial charge in [0.25, 0.3) is 5.56 Å². The molecule has 9 heteroatoms. The summed E-state index contributed by atoms with van der Waals surface area (Å²) < 4.78 is 18.2. The molecule has 8 nitrogen and oxygen atoms in total. The molecular formula is C30H30IN3O5. The molecule has 0 amide bonds. The van der Waals surface area contributed by atoms with Crippen molar-refractivity contribution < 1.29 is 19.0 Å². The molecule has 0 spiro atoms. The standard InChI is InChI=1S/C30H30IN3O5/c1-6-38-28(35)17-39-26-12-11-20(14-24(26)31)16-32-34-29(33-25-10-8-7-9-21(25)30(34)36)23-15-22(18(2)3)27(37-5)13-19(23)4/h7-16,18H,6,17H2,1-5H3. The van der Waals surface area contributed by atoms with Crippen LogP contribution >= 0.6 is 22.6 Å². The number of rotatable bonds is 9. The Kier molecular flexibility index (Phi) is 9.01. The van der Waals surface area contributed by atoms with Crippen molar-refractivity contribution in [3.8, 4) is 22.9 Å². The summed E-state index contributed by atoms with van der Waals surface area (Å²) >= 11 is 2.13. The third-order valence-electron chi connectivity index (χ3n) is 6.12. The first-order valence-electron chi connectivity index (χ1n) is 12.6. The number of nitrogens with zero attached hydrogens (tertiary/aromatic N) is 3. The molecule has 0 bridgehead atoms. The first-order valence-corrected chi connectivity index (χ1v) is 13.6. The van der Waals surface area contributed by atoms with E-state index in [1.165, 1.54) is 4.68 Å². The molecule has 0 unspecified atom stereocenters. The van der Waals surface area contributed by atoms with E-state index in [0.717, 1.165) is 31.6 Å². The summed E-state index contributed by atoms with van der Waals surface area (Å²) in [5, 5.41) is 5.07. The molecule has 0 fully saturated rings. The smallest absolute Gasteiger partial charge is 0.344 e. The molecule has 0 N–H and O–H groups in total. The molecule has 0 aliphatic rings. The average Bonchev–Trinajstić information content (AvgIpc) is 2.91. The summed E-state index contributed by atoms with van der Waals surface area (Å²) in [6.07, 6.45) is 1.61. The molecule has 0 aliphatic heterocycles. The number of hydrogen-bond donors (Lipinski definition) is 0. The summed E-state index contributed by atoms with van der Waals surface area (Å²) in [4.78, 5) is 30.1. The number of esters is 1. The predicted octanol–water partition coefficient (Wildman–Crippen LogP) is 5.93. The van der Waals surface area contributed by atoms with Crippen molar-refractivity contribution >= 4 is 45.7 Å². The minimum absolute atomic E-state index is 0.168. The van der Waals surface area contributed by atoms with Crippen LogP contribution in [-0.4, -0.2) is 42.2 Å². The molecule has 4 aromatic rings. The maximum Gasteiger partial charge on any atom is 0.344 e. The van der Waals surface area contributed by atoms with Gasteiger partial charge in [0, 0.05) is 5.56 Å². The van der Waals surface area contributed by atoms with Crippen molar-refractivity contribution in [2.75, 3.05) is 20.3 Å². The maximum atomic E-state index is 13.6. The summed E-state index contributed by atoms with van der Waals surface area (Å²) in [5.74, 6) is 1.57. The molecular weight excluding hydrogens is 609 g/mol. The number of aromatic nitrogens is 2. The largest absolute Gasteiger partial charge is 0.496 e. The molecule has 0 radical (unpaired) electrons. The minimum atomic E-state index is -0.427. The van der Waals surface area contributed by atoms with Crippen LogP contribution < -0.4 is 15.0 Å².